The van der Waals surface area contributed by atoms with Crippen molar-refractivity contribution in [2.75, 3.05) is 13.2 Å². The summed E-state index contributed by atoms with van der Waals surface area (Å²) in [6.45, 7) is 5.96. The predicted octanol–water partition coefficient (Wildman–Crippen LogP) is 4.61. The van der Waals surface area contributed by atoms with Gasteiger partial charge in [-0.2, -0.15) is 0 Å². The van der Waals surface area contributed by atoms with Gasteiger partial charge in [0.1, 0.15) is 6.10 Å². The minimum absolute atomic E-state index is 0.000217. The van der Waals surface area contributed by atoms with Crippen LogP contribution in [0, 0.1) is 0 Å². The Morgan fingerprint density at radius 1 is 0.909 bits per heavy atom. The lowest BCUT2D eigenvalue weighted by Crippen LogP contribution is -2.23. The molecule has 2 atom stereocenters. The third-order valence-electron chi connectivity index (χ3n) is 4.07. The van der Waals surface area contributed by atoms with Gasteiger partial charge in [0.25, 0.3) is 0 Å². The van der Waals surface area contributed by atoms with Gasteiger partial charge in [0.15, 0.2) is 0 Å². The van der Waals surface area contributed by atoms with Crippen LogP contribution in [0.15, 0.2) is 12.7 Å². The highest BCUT2D eigenvalue weighted by atomic mass is 16.5. The molecule has 0 aliphatic rings. The Morgan fingerprint density at radius 3 is 1.86 bits per heavy atom. The highest BCUT2D eigenvalue weighted by Crippen LogP contribution is 2.13. The molecule has 0 aromatic carbocycles. The van der Waals surface area contributed by atoms with Crippen LogP contribution in [0.25, 0.3) is 0 Å². The Morgan fingerprint density at radius 2 is 1.41 bits per heavy atom. The Labute approximate surface area is 137 Å². The quantitative estimate of drug-likeness (QED) is 0.304. The molecule has 3 nitrogen and oxygen atoms in total. The lowest BCUT2D eigenvalue weighted by atomic mass is 10.0. The summed E-state index contributed by atoms with van der Waals surface area (Å²) in [6.07, 6.45) is 16.7. The number of rotatable bonds is 17. The van der Waals surface area contributed by atoms with Gasteiger partial charge in [0.05, 0.1) is 19.3 Å². The molecular weight excluding hydrogens is 276 g/mol. The van der Waals surface area contributed by atoms with Gasteiger partial charge in [-0.05, 0) is 6.42 Å². The van der Waals surface area contributed by atoms with E-state index in [1.54, 1.807) is 6.08 Å². The molecule has 0 fully saturated rings. The second-order valence-corrected chi connectivity index (χ2v) is 6.27. The normalized spacial score (nSPS) is 14.0. The van der Waals surface area contributed by atoms with Gasteiger partial charge in [-0.3, -0.25) is 0 Å². The smallest absolute Gasteiger partial charge is 0.100 e. The average molecular weight is 315 g/mol. The van der Waals surface area contributed by atoms with Crippen molar-refractivity contribution in [2.45, 2.75) is 96.2 Å². The van der Waals surface area contributed by atoms with Crippen molar-refractivity contribution in [3.05, 3.63) is 12.7 Å². The van der Waals surface area contributed by atoms with Gasteiger partial charge in [0.2, 0.25) is 0 Å². The lowest BCUT2D eigenvalue weighted by Gasteiger charge is -2.15. The molecule has 0 amide bonds. The largest absolute Gasteiger partial charge is 0.394 e. The van der Waals surface area contributed by atoms with E-state index in [1.165, 1.54) is 64.2 Å². The topological polar surface area (TPSA) is 49.7 Å². The van der Waals surface area contributed by atoms with E-state index in [4.69, 9.17) is 9.84 Å². The molecular formula is C19H38O3. The highest BCUT2D eigenvalue weighted by molar-refractivity contribution is 4.80. The van der Waals surface area contributed by atoms with E-state index in [-0.39, 0.29) is 19.3 Å². The first-order valence-electron chi connectivity index (χ1n) is 9.27. The maximum absolute atomic E-state index is 9.25. The second kappa shape index (κ2) is 17.0. The van der Waals surface area contributed by atoms with Crippen molar-refractivity contribution in [1.29, 1.82) is 0 Å². The molecule has 0 aromatic rings. The average Bonchev–Trinajstić information content (AvgIpc) is 2.54. The van der Waals surface area contributed by atoms with Gasteiger partial charge in [-0.1, -0.05) is 83.6 Å². The van der Waals surface area contributed by atoms with Crippen LogP contribution in [0.1, 0.15) is 84.0 Å². The van der Waals surface area contributed by atoms with Crippen LogP contribution in [0.5, 0.6) is 0 Å². The minimum atomic E-state index is -0.778. The molecule has 0 saturated carbocycles. The molecule has 3 heteroatoms. The third kappa shape index (κ3) is 14.6. The molecule has 0 aliphatic heterocycles. The summed E-state index contributed by atoms with van der Waals surface area (Å²) in [5.74, 6) is 0. The first kappa shape index (κ1) is 21.6. The standard InChI is InChI=1S/C19H38O3/c1-3-5-6-7-8-9-10-11-12-13-14-15-19(4-2)22-17-18(21)16-20/h4,18-21H,2-3,5-17H2,1H3. The fraction of sp³-hybridized carbons (Fsp3) is 0.895. The van der Waals surface area contributed by atoms with E-state index in [1.807, 2.05) is 0 Å². The Hall–Kier alpha value is -0.380. The van der Waals surface area contributed by atoms with Gasteiger partial charge in [0, 0.05) is 0 Å². The molecule has 0 saturated heterocycles. The summed E-state index contributed by atoms with van der Waals surface area (Å²) in [4.78, 5) is 0. The van der Waals surface area contributed by atoms with Gasteiger partial charge < -0.3 is 14.9 Å². The van der Waals surface area contributed by atoms with E-state index >= 15 is 0 Å². The van der Waals surface area contributed by atoms with Crippen molar-refractivity contribution in [2.24, 2.45) is 0 Å². The third-order valence-corrected chi connectivity index (χ3v) is 4.07. The fourth-order valence-corrected chi connectivity index (χ4v) is 2.57. The van der Waals surface area contributed by atoms with Crippen molar-refractivity contribution >= 4 is 0 Å². The van der Waals surface area contributed by atoms with Gasteiger partial charge in [-0.25, -0.2) is 0 Å². The molecule has 2 unspecified atom stereocenters. The highest BCUT2D eigenvalue weighted by Gasteiger charge is 2.08. The van der Waals surface area contributed by atoms with Crippen molar-refractivity contribution < 1.29 is 14.9 Å². The van der Waals surface area contributed by atoms with Crippen molar-refractivity contribution in [3.63, 3.8) is 0 Å². The van der Waals surface area contributed by atoms with E-state index in [9.17, 15) is 5.11 Å². The molecule has 0 aromatic heterocycles. The van der Waals surface area contributed by atoms with Crippen LogP contribution in [-0.4, -0.2) is 35.6 Å². The summed E-state index contributed by atoms with van der Waals surface area (Å²) in [7, 11) is 0. The summed E-state index contributed by atoms with van der Waals surface area (Å²) in [5.41, 5.74) is 0. The van der Waals surface area contributed by atoms with Crippen LogP contribution in [0.4, 0.5) is 0 Å². The lowest BCUT2D eigenvalue weighted by molar-refractivity contribution is -0.0163. The first-order chi connectivity index (χ1) is 10.7. The van der Waals surface area contributed by atoms with Crippen LogP contribution in [0.3, 0.4) is 0 Å². The number of aliphatic hydroxyl groups is 2. The molecule has 0 rings (SSSR count). The predicted molar refractivity (Wildman–Crippen MR) is 94.1 cm³/mol. The van der Waals surface area contributed by atoms with E-state index in [0.717, 1.165) is 12.8 Å². The number of aliphatic hydroxyl groups excluding tert-OH is 2. The van der Waals surface area contributed by atoms with Crippen LogP contribution >= 0.6 is 0 Å². The van der Waals surface area contributed by atoms with Gasteiger partial charge >= 0.3 is 0 Å². The monoisotopic (exact) mass is 314 g/mol. The Balaban J connectivity index is 3.31. The van der Waals surface area contributed by atoms with Crippen molar-refractivity contribution in [3.8, 4) is 0 Å². The summed E-state index contributed by atoms with van der Waals surface area (Å²) < 4.78 is 5.51. The minimum Gasteiger partial charge on any atom is -0.394 e. The zero-order valence-corrected chi connectivity index (χ0v) is 14.6. The molecule has 2 N–H and O–H groups in total. The van der Waals surface area contributed by atoms with Crippen LogP contribution < -0.4 is 0 Å². The molecule has 0 bridgehead atoms. The fourth-order valence-electron chi connectivity index (χ4n) is 2.57. The van der Waals surface area contributed by atoms with E-state index in [0.29, 0.717) is 0 Å². The zero-order valence-electron chi connectivity index (χ0n) is 14.6. The van der Waals surface area contributed by atoms with Crippen LogP contribution in [0.2, 0.25) is 0 Å². The number of unbranched alkanes of at least 4 members (excludes halogenated alkanes) is 10. The maximum Gasteiger partial charge on any atom is 0.100 e. The second-order valence-electron chi connectivity index (χ2n) is 6.27. The number of ether oxygens (including phenoxy) is 1. The first-order valence-corrected chi connectivity index (χ1v) is 9.27. The molecule has 0 spiro atoms. The molecule has 0 aliphatic carbocycles. The summed E-state index contributed by atoms with van der Waals surface area (Å²) in [5, 5.41) is 18.0. The Bertz CT molecular complexity index is 231. The molecule has 22 heavy (non-hydrogen) atoms. The summed E-state index contributed by atoms with van der Waals surface area (Å²) in [6, 6.07) is 0. The number of hydrogen-bond acceptors (Lipinski definition) is 3. The molecule has 0 heterocycles. The van der Waals surface area contributed by atoms with Gasteiger partial charge in [-0.15, -0.1) is 6.58 Å². The van der Waals surface area contributed by atoms with Crippen LogP contribution in [-0.2, 0) is 4.74 Å². The number of hydrogen-bond donors (Lipinski definition) is 2. The Kier molecular flexibility index (Phi) is 16.7. The zero-order chi connectivity index (χ0) is 16.5. The van der Waals surface area contributed by atoms with Crippen molar-refractivity contribution in [1.82, 2.24) is 0 Å². The maximum atomic E-state index is 9.25. The SMILES string of the molecule is C=CC(CCCCCCCCCCCCC)OCC(O)CO. The molecule has 0 radical (unpaired) electrons. The molecule has 132 valence electrons. The van der Waals surface area contributed by atoms with E-state index in [2.05, 4.69) is 13.5 Å². The van der Waals surface area contributed by atoms with E-state index < -0.39 is 6.10 Å². The summed E-state index contributed by atoms with van der Waals surface area (Å²) >= 11 is 0.